The topological polar surface area (TPSA) is 106 Å². The number of ether oxygens (including phenoxy) is 1. The van der Waals surface area contributed by atoms with Crippen molar-refractivity contribution in [2.24, 2.45) is 0 Å². The van der Waals surface area contributed by atoms with Crippen LogP contribution in [-0.2, 0) is 10.9 Å². The SMILES string of the molecule is CCNC(=O)Nc1cc(-c2nc(C(F)(F)F)cs2)c(-c2cccnc2F)c(C(=O)OC)n1. The number of carbonyl (C=O) groups is 2. The summed E-state index contributed by atoms with van der Waals surface area (Å²) >= 11 is 0.628. The predicted molar refractivity (Wildman–Crippen MR) is 108 cm³/mol. The monoisotopic (exact) mass is 469 g/mol. The summed E-state index contributed by atoms with van der Waals surface area (Å²) in [5.74, 6) is -2.17. The summed E-state index contributed by atoms with van der Waals surface area (Å²) in [6, 6.07) is 3.19. The second-order valence-corrected chi connectivity index (χ2v) is 6.99. The molecule has 32 heavy (non-hydrogen) atoms. The number of nitrogens with zero attached hydrogens (tertiary/aromatic N) is 3. The first-order valence-corrected chi connectivity index (χ1v) is 9.85. The number of halogens is 4. The Labute approximate surface area is 182 Å². The molecule has 0 atom stereocenters. The second kappa shape index (κ2) is 9.26. The van der Waals surface area contributed by atoms with Crippen molar-refractivity contribution in [2.75, 3.05) is 19.0 Å². The normalized spacial score (nSPS) is 11.2. The molecular formula is C19H15F4N5O3S. The van der Waals surface area contributed by atoms with Gasteiger partial charge in [0.1, 0.15) is 10.8 Å². The van der Waals surface area contributed by atoms with Gasteiger partial charge in [0.25, 0.3) is 0 Å². The number of hydrogen-bond donors (Lipinski definition) is 2. The number of esters is 1. The summed E-state index contributed by atoms with van der Waals surface area (Å²) in [6.07, 6.45) is -3.55. The van der Waals surface area contributed by atoms with Crippen molar-refractivity contribution in [1.29, 1.82) is 0 Å². The maximum atomic E-state index is 14.6. The van der Waals surface area contributed by atoms with E-state index in [1.54, 1.807) is 6.92 Å². The van der Waals surface area contributed by atoms with Crippen LogP contribution in [0.15, 0.2) is 29.8 Å². The van der Waals surface area contributed by atoms with E-state index in [-0.39, 0.29) is 34.1 Å². The number of alkyl halides is 3. The fourth-order valence-electron chi connectivity index (χ4n) is 2.72. The Kier molecular flexibility index (Phi) is 6.67. The number of amides is 2. The maximum Gasteiger partial charge on any atom is 0.434 e. The summed E-state index contributed by atoms with van der Waals surface area (Å²) in [7, 11) is 1.06. The molecule has 3 aromatic heterocycles. The van der Waals surface area contributed by atoms with Crippen LogP contribution in [-0.4, -0.2) is 40.6 Å². The number of carbonyl (C=O) groups excluding carboxylic acids is 2. The molecule has 0 bridgehead atoms. The van der Waals surface area contributed by atoms with Gasteiger partial charge >= 0.3 is 18.2 Å². The summed E-state index contributed by atoms with van der Waals surface area (Å²) < 4.78 is 58.7. The molecule has 8 nitrogen and oxygen atoms in total. The van der Waals surface area contributed by atoms with Gasteiger partial charge in [-0.2, -0.15) is 17.6 Å². The molecule has 0 aromatic carbocycles. The highest BCUT2D eigenvalue weighted by Gasteiger charge is 2.35. The molecule has 0 aliphatic carbocycles. The van der Waals surface area contributed by atoms with E-state index in [4.69, 9.17) is 4.74 Å². The molecule has 2 amide bonds. The van der Waals surface area contributed by atoms with E-state index in [1.165, 1.54) is 24.4 Å². The second-order valence-electron chi connectivity index (χ2n) is 6.13. The zero-order chi connectivity index (χ0) is 23.5. The van der Waals surface area contributed by atoms with Crippen molar-refractivity contribution in [3.05, 3.63) is 47.1 Å². The van der Waals surface area contributed by atoms with Crippen LogP contribution in [0.3, 0.4) is 0 Å². The predicted octanol–water partition coefficient (Wildman–Crippen LogP) is 4.35. The first-order valence-electron chi connectivity index (χ1n) is 8.97. The quantitative estimate of drug-likeness (QED) is 0.327. The van der Waals surface area contributed by atoms with Crippen LogP contribution in [0.2, 0.25) is 0 Å². The van der Waals surface area contributed by atoms with Gasteiger partial charge in [0.05, 0.1) is 7.11 Å². The van der Waals surface area contributed by atoms with E-state index >= 15 is 0 Å². The Balaban J connectivity index is 2.32. The van der Waals surface area contributed by atoms with Crippen LogP contribution in [0.25, 0.3) is 21.7 Å². The minimum Gasteiger partial charge on any atom is -0.464 e. The minimum atomic E-state index is -4.71. The van der Waals surface area contributed by atoms with Gasteiger partial charge in [0.2, 0.25) is 5.95 Å². The van der Waals surface area contributed by atoms with E-state index in [0.717, 1.165) is 12.5 Å². The Morgan fingerprint density at radius 3 is 2.56 bits per heavy atom. The highest BCUT2D eigenvalue weighted by molar-refractivity contribution is 7.13. The van der Waals surface area contributed by atoms with Gasteiger partial charge in [-0.25, -0.2) is 24.5 Å². The maximum absolute atomic E-state index is 14.6. The molecule has 0 saturated carbocycles. The zero-order valence-corrected chi connectivity index (χ0v) is 17.4. The highest BCUT2D eigenvalue weighted by atomic mass is 32.1. The molecule has 0 radical (unpaired) electrons. The van der Waals surface area contributed by atoms with Gasteiger partial charge < -0.3 is 10.1 Å². The summed E-state index contributed by atoms with van der Waals surface area (Å²) in [5.41, 5.74) is -2.05. The van der Waals surface area contributed by atoms with Crippen LogP contribution in [0.1, 0.15) is 23.1 Å². The average Bonchev–Trinajstić information content (AvgIpc) is 3.24. The Hall–Kier alpha value is -3.61. The lowest BCUT2D eigenvalue weighted by Gasteiger charge is -2.15. The molecule has 0 fully saturated rings. The number of anilines is 1. The molecule has 3 aromatic rings. The van der Waals surface area contributed by atoms with E-state index in [1.807, 2.05) is 0 Å². The molecule has 0 unspecified atom stereocenters. The van der Waals surface area contributed by atoms with Crippen LogP contribution < -0.4 is 10.6 Å². The molecular weight excluding hydrogens is 454 g/mol. The Bertz CT molecular complexity index is 1170. The molecule has 13 heteroatoms. The van der Waals surface area contributed by atoms with E-state index in [2.05, 4.69) is 25.6 Å². The third kappa shape index (κ3) is 4.82. The van der Waals surface area contributed by atoms with Gasteiger partial charge in [0.15, 0.2) is 11.4 Å². The van der Waals surface area contributed by atoms with Crippen molar-refractivity contribution in [3.63, 3.8) is 0 Å². The largest absolute Gasteiger partial charge is 0.464 e. The van der Waals surface area contributed by atoms with Crippen molar-refractivity contribution in [3.8, 4) is 21.7 Å². The van der Waals surface area contributed by atoms with Crippen molar-refractivity contribution >= 4 is 29.2 Å². The lowest BCUT2D eigenvalue weighted by molar-refractivity contribution is -0.140. The minimum absolute atomic E-state index is 0.0698. The van der Waals surface area contributed by atoms with Crippen molar-refractivity contribution < 1.29 is 31.9 Å². The first-order chi connectivity index (χ1) is 15.2. The first kappa shape index (κ1) is 23.1. The number of methoxy groups -OCH3 is 1. The van der Waals surface area contributed by atoms with Crippen LogP contribution in [0.4, 0.5) is 28.2 Å². The van der Waals surface area contributed by atoms with Crippen molar-refractivity contribution in [2.45, 2.75) is 13.1 Å². The molecule has 0 saturated heterocycles. The van der Waals surface area contributed by atoms with Gasteiger partial charge in [-0.3, -0.25) is 5.32 Å². The van der Waals surface area contributed by atoms with Crippen LogP contribution in [0, 0.1) is 5.95 Å². The van der Waals surface area contributed by atoms with Gasteiger partial charge in [-0.1, -0.05) is 0 Å². The van der Waals surface area contributed by atoms with E-state index in [9.17, 15) is 27.2 Å². The van der Waals surface area contributed by atoms with Gasteiger partial charge in [-0.15, -0.1) is 11.3 Å². The molecule has 0 aliphatic heterocycles. The van der Waals surface area contributed by atoms with E-state index < -0.39 is 35.5 Å². The fourth-order valence-corrected chi connectivity index (χ4v) is 3.56. The number of nitrogens with one attached hydrogen (secondary N) is 2. The number of rotatable bonds is 5. The Morgan fingerprint density at radius 2 is 1.97 bits per heavy atom. The smallest absolute Gasteiger partial charge is 0.434 e. The third-order valence-electron chi connectivity index (χ3n) is 4.03. The number of thiazole rings is 1. The van der Waals surface area contributed by atoms with E-state index in [0.29, 0.717) is 11.3 Å². The number of pyridine rings is 2. The lowest BCUT2D eigenvalue weighted by atomic mass is 9.99. The fraction of sp³-hybridized carbons (Fsp3) is 0.211. The number of urea groups is 1. The summed E-state index contributed by atoms with van der Waals surface area (Å²) in [6.45, 7) is 1.95. The lowest BCUT2D eigenvalue weighted by Crippen LogP contribution is -2.29. The standard InChI is InChI=1S/C19H15F4N5O3S/c1-3-24-18(30)28-12-7-10(16-26-11(8-32-16)19(21,22)23)13(14(27-12)17(29)31-2)9-5-4-6-25-15(9)20/h4-8H,3H2,1-2H3,(H2,24,27,28,30). The zero-order valence-electron chi connectivity index (χ0n) is 16.6. The molecule has 168 valence electrons. The molecule has 0 spiro atoms. The molecule has 0 aliphatic rings. The van der Waals surface area contributed by atoms with Gasteiger partial charge in [-0.05, 0) is 25.1 Å². The van der Waals surface area contributed by atoms with Crippen LogP contribution in [0.5, 0.6) is 0 Å². The number of aromatic nitrogens is 3. The summed E-state index contributed by atoms with van der Waals surface area (Å²) in [5, 5.41) is 5.44. The number of hydrogen-bond acceptors (Lipinski definition) is 7. The average molecular weight is 469 g/mol. The highest BCUT2D eigenvalue weighted by Crippen LogP contribution is 2.40. The third-order valence-corrected chi connectivity index (χ3v) is 4.91. The molecule has 3 rings (SSSR count). The van der Waals surface area contributed by atoms with Gasteiger partial charge in [0, 0.05) is 34.8 Å². The molecule has 3 heterocycles. The molecule has 2 N–H and O–H groups in total. The van der Waals surface area contributed by atoms with Crippen molar-refractivity contribution in [1.82, 2.24) is 20.3 Å². The van der Waals surface area contributed by atoms with Crippen LogP contribution >= 0.6 is 11.3 Å². The Morgan fingerprint density at radius 1 is 1.22 bits per heavy atom. The summed E-state index contributed by atoms with van der Waals surface area (Å²) in [4.78, 5) is 35.6.